The van der Waals surface area contributed by atoms with Crippen LogP contribution in [0.5, 0.6) is 5.75 Å². The molecule has 1 rings (SSSR count). The largest absolute Gasteiger partial charge is 0.452 e. The highest BCUT2D eigenvalue weighted by Crippen LogP contribution is 2.34. The molecule has 0 aliphatic rings. The van der Waals surface area contributed by atoms with Gasteiger partial charge in [-0.15, -0.1) is 0 Å². The van der Waals surface area contributed by atoms with Crippen LogP contribution in [0, 0.1) is 5.92 Å². The molecule has 140 valence electrons. The van der Waals surface area contributed by atoms with Gasteiger partial charge in [0, 0.05) is 0 Å². The fourth-order valence-electron chi connectivity index (χ4n) is 2.46. The molecule has 2 N–H and O–H groups in total. The van der Waals surface area contributed by atoms with Crippen molar-refractivity contribution in [1.82, 2.24) is 0 Å². The number of hydrogen-bond donors (Lipinski definition) is 1. The highest BCUT2D eigenvalue weighted by molar-refractivity contribution is 5.81. The Labute approximate surface area is 150 Å². The first kappa shape index (κ1) is 21.2. The van der Waals surface area contributed by atoms with Crippen molar-refractivity contribution in [3.63, 3.8) is 0 Å². The Morgan fingerprint density at radius 1 is 1.04 bits per heavy atom. The van der Waals surface area contributed by atoms with Crippen molar-refractivity contribution in [3.8, 4) is 5.75 Å². The van der Waals surface area contributed by atoms with E-state index >= 15 is 0 Å². The Kier molecular flexibility index (Phi) is 8.10. The summed E-state index contributed by atoms with van der Waals surface area (Å²) in [6.45, 7) is 11.6. The Morgan fingerprint density at radius 3 is 2.00 bits per heavy atom. The summed E-state index contributed by atoms with van der Waals surface area (Å²) in [7, 11) is 0. The van der Waals surface area contributed by atoms with Gasteiger partial charge >= 0.3 is 11.9 Å². The molecule has 0 aliphatic heterocycles. The first-order valence-corrected chi connectivity index (χ1v) is 8.94. The molecule has 0 aliphatic carbocycles. The van der Waals surface area contributed by atoms with E-state index in [1.54, 1.807) is 0 Å². The average molecular weight is 349 g/mol. The van der Waals surface area contributed by atoms with Crippen LogP contribution >= 0.6 is 0 Å². The summed E-state index contributed by atoms with van der Waals surface area (Å²) in [6.07, 6.45) is 0.764. The SMILES string of the molecule is CCC(C)[C@@H](N)C(=O)OCC(=O)Oc1c(C(C)C)cccc1C(C)C. The number of carbonyl (C=O) groups is 2. The number of benzene rings is 1. The van der Waals surface area contributed by atoms with Crippen LogP contribution in [-0.2, 0) is 14.3 Å². The number of hydrogen-bond acceptors (Lipinski definition) is 5. The molecule has 1 aromatic carbocycles. The van der Waals surface area contributed by atoms with Gasteiger partial charge in [-0.1, -0.05) is 66.2 Å². The lowest BCUT2D eigenvalue weighted by Gasteiger charge is -2.19. The quantitative estimate of drug-likeness (QED) is 0.571. The number of carbonyl (C=O) groups excluding carboxylic acids is 2. The van der Waals surface area contributed by atoms with Crippen LogP contribution in [0.15, 0.2) is 18.2 Å². The maximum Gasteiger partial charge on any atom is 0.349 e. The van der Waals surface area contributed by atoms with Gasteiger partial charge in [-0.25, -0.2) is 4.79 Å². The van der Waals surface area contributed by atoms with Crippen LogP contribution < -0.4 is 10.5 Å². The van der Waals surface area contributed by atoms with E-state index in [1.165, 1.54) is 0 Å². The minimum absolute atomic E-state index is 0.00210. The molecule has 0 heterocycles. The van der Waals surface area contributed by atoms with Crippen LogP contribution in [0.2, 0.25) is 0 Å². The molecule has 0 aromatic heterocycles. The van der Waals surface area contributed by atoms with E-state index in [0.717, 1.165) is 17.5 Å². The second-order valence-electron chi connectivity index (χ2n) is 7.07. The van der Waals surface area contributed by atoms with Crippen molar-refractivity contribution in [1.29, 1.82) is 0 Å². The van der Waals surface area contributed by atoms with Gasteiger partial charge in [-0.05, 0) is 28.9 Å². The zero-order chi connectivity index (χ0) is 19.1. The maximum atomic E-state index is 12.2. The van der Waals surface area contributed by atoms with Crippen molar-refractivity contribution in [2.75, 3.05) is 6.61 Å². The minimum Gasteiger partial charge on any atom is -0.452 e. The molecule has 2 atom stereocenters. The Hall–Kier alpha value is -1.88. The molecule has 0 saturated carbocycles. The topological polar surface area (TPSA) is 78.6 Å². The lowest BCUT2D eigenvalue weighted by molar-refractivity contribution is -0.155. The van der Waals surface area contributed by atoms with Crippen molar-refractivity contribution in [3.05, 3.63) is 29.3 Å². The maximum absolute atomic E-state index is 12.2. The normalized spacial score (nSPS) is 13.6. The third-order valence-corrected chi connectivity index (χ3v) is 4.40. The van der Waals surface area contributed by atoms with Gasteiger partial charge in [0.1, 0.15) is 11.8 Å². The van der Waals surface area contributed by atoms with Crippen molar-refractivity contribution in [2.24, 2.45) is 11.7 Å². The predicted molar refractivity (Wildman–Crippen MR) is 98.6 cm³/mol. The molecular weight excluding hydrogens is 318 g/mol. The molecular formula is C20H31NO4. The third-order valence-electron chi connectivity index (χ3n) is 4.40. The van der Waals surface area contributed by atoms with E-state index in [2.05, 4.69) is 0 Å². The third kappa shape index (κ3) is 5.85. The van der Waals surface area contributed by atoms with Gasteiger partial charge in [-0.3, -0.25) is 4.79 Å². The van der Waals surface area contributed by atoms with Gasteiger partial charge in [0.2, 0.25) is 0 Å². The van der Waals surface area contributed by atoms with Crippen LogP contribution in [0.25, 0.3) is 0 Å². The van der Waals surface area contributed by atoms with E-state index in [4.69, 9.17) is 15.2 Å². The van der Waals surface area contributed by atoms with Crippen LogP contribution in [-0.4, -0.2) is 24.6 Å². The highest BCUT2D eigenvalue weighted by atomic mass is 16.6. The Bertz CT molecular complexity index is 569. The molecule has 5 heteroatoms. The van der Waals surface area contributed by atoms with Gasteiger partial charge in [0.15, 0.2) is 6.61 Å². The molecule has 1 aromatic rings. The highest BCUT2D eigenvalue weighted by Gasteiger charge is 2.23. The first-order chi connectivity index (χ1) is 11.7. The minimum atomic E-state index is -0.730. The molecule has 0 fully saturated rings. The fraction of sp³-hybridized carbons (Fsp3) is 0.600. The van der Waals surface area contributed by atoms with Gasteiger partial charge in [0.05, 0.1) is 0 Å². The molecule has 1 unspecified atom stereocenters. The zero-order valence-corrected chi connectivity index (χ0v) is 16.2. The molecule has 0 radical (unpaired) electrons. The number of ether oxygens (including phenoxy) is 2. The lowest BCUT2D eigenvalue weighted by Crippen LogP contribution is -2.39. The summed E-state index contributed by atoms with van der Waals surface area (Å²) < 4.78 is 10.6. The van der Waals surface area contributed by atoms with E-state index in [0.29, 0.717) is 5.75 Å². The van der Waals surface area contributed by atoms with E-state index in [-0.39, 0.29) is 17.8 Å². The lowest BCUT2D eigenvalue weighted by atomic mass is 9.94. The first-order valence-electron chi connectivity index (χ1n) is 8.94. The molecule has 0 bridgehead atoms. The molecule has 25 heavy (non-hydrogen) atoms. The van der Waals surface area contributed by atoms with Crippen LogP contribution in [0.1, 0.15) is 70.9 Å². The molecule has 0 amide bonds. The van der Waals surface area contributed by atoms with Crippen LogP contribution in [0.4, 0.5) is 0 Å². The summed E-state index contributed by atoms with van der Waals surface area (Å²) >= 11 is 0. The van der Waals surface area contributed by atoms with Crippen molar-refractivity contribution in [2.45, 2.75) is 65.8 Å². The summed E-state index contributed by atoms with van der Waals surface area (Å²) in [6, 6.07) is 5.13. The smallest absolute Gasteiger partial charge is 0.349 e. The fourth-order valence-corrected chi connectivity index (χ4v) is 2.46. The van der Waals surface area contributed by atoms with Crippen LogP contribution in [0.3, 0.4) is 0 Å². The molecule has 0 saturated heterocycles. The number of para-hydroxylation sites is 1. The zero-order valence-electron chi connectivity index (χ0n) is 16.2. The second-order valence-corrected chi connectivity index (χ2v) is 7.07. The average Bonchev–Trinajstić information content (AvgIpc) is 2.57. The Morgan fingerprint density at radius 2 is 1.56 bits per heavy atom. The monoisotopic (exact) mass is 349 g/mol. The van der Waals surface area contributed by atoms with E-state index < -0.39 is 24.6 Å². The van der Waals surface area contributed by atoms with Gasteiger partial charge < -0.3 is 15.2 Å². The number of rotatable bonds is 8. The second kappa shape index (κ2) is 9.56. The summed E-state index contributed by atoms with van der Waals surface area (Å²) in [5, 5.41) is 0. The summed E-state index contributed by atoms with van der Waals surface area (Å²) in [5.41, 5.74) is 7.73. The molecule has 0 spiro atoms. The number of nitrogens with two attached hydrogens (primary N) is 1. The van der Waals surface area contributed by atoms with Gasteiger partial charge in [0.25, 0.3) is 0 Å². The van der Waals surface area contributed by atoms with Crippen molar-refractivity contribution >= 4 is 11.9 Å². The summed E-state index contributed by atoms with van der Waals surface area (Å²) in [4.78, 5) is 24.1. The van der Waals surface area contributed by atoms with E-state index in [9.17, 15) is 9.59 Å². The van der Waals surface area contributed by atoms with E-state index in [1.807, 2.05) is 59.7 Å². The Balaban J connectivity index is 2.82. The molecule has 5 nitrogen and oxygen atoms in total. The predicted octanol–water partition coefficient (Wildman–Crippen LogP) is 3.76. The van der Waals surface area contributed by atoms with Gasteiger partial charge in [-0.2, -0.15) is 0 Å². The summed E-state index contributed by atoms with van der Waals surface area (Å²) in [5.74, 6) is -0.185. The number of esters is 2. The standard InChI is InChI=1S/C20H31NO4/c1-7-14(6)18(21)20(23)24-11-17(22)25-19-15(12(2)3)9-8-10-16(19)13(4)5/h8-10,12-14,18H,7,11,21H2,1-6H3/t14?,18-/m1/s1. The van der Waals surface area contributed by atoms with Crippen molar-refractivity contribution < 1.29 is 19.1 Å².